The first-order chi connectivity index (χ1) is 36.3. The molecule has 12 heteroatoms. The molecular weight excluding hydrogens is 965 g/mol. The number of nitrogens with one attached hydrogen (secondary N) is 2. The molecule has 1 aromatic heterocycles. The van der Waals surface area contributed by atoms with Crippen LogP contribution in [0, 0.1) is 60.2 Å². The van der Waals surface area contributed by atoms with Gasteiger partial charge in [0.15, 0.2) is 0 Å². The number of unbranched alkanes of at least 4 members (excludes halogenated alkanes) is 5. The van der Waals surface area contributed by atoms with Crippen LogP contribution in [-0.4, -0.2) is 83.5 Å². The van der Waals surface area contributed by atoms with Gasteiger partial charge in [0.2, 0.25) is 23.6 Å². The average molecular weight is 1080 g/mol. The van der Waals surface area contributed by atoms with Crippen LogP contribution >= 0.6 is 11.3 Å². The molecule has 0 spiro atoms. The van der Waals surface area contributed by atoms with Gasteiger partial charge in [0.05, 0.1) is 13.1 Å². The number of likely N-dealkylation sites (N-methyl/N-ethyl adjacent to an activating group) is 2. The number of nitrogens with two attached hydrogens (primary N) is 1. The van der Waals surface area contributed by atoms with Crippen molar-refractivity contribution in [3.8, 4) is 0 Å². The molecule has 1 aromatic carbocycles. The van der Waals surface area contributed by atoms with Crippen molar-refractivity contribution in [2.45, 2.75) is 245 Å². The van der Waals surface area contributed by atoms with Crippen LogP contribution in [0.3, 0.4) is 0 Å². The van der Waals surface area contributed by atoms with Gasteiger partial charge in [0, 0.05) is 50.5 Å². The van der Waals surface area contributed by atoms with E-state index in [-0.39, 0.29) is 65.7 Å². The molecule has 0 aliphatic heterocycles. The second-order valence-electron chi connectivity index (χ2n) is 22.0. The zero-order valence-corrected chi connectivity index (χ0v) is 52.9. The van der Waals surface area contributed by atoms with Crippen LogP contribution in [0.25, 0.3) is 0 Å². The fourth-order valence-electron chi connectivity index (χ4n) is 10.1. The third-order valence-corrected chi connectivity index (χ3v) is 15.7. The molecule has 8 unspecified atom stereocenters. The summed E-state index contributed by atoms with van der Waals surface area (Å²) in [6, 6.07) is 9.59. The summed E-state index contributed by atoms with van der Waals surface area (Å²) in [5.41, 5.74) is 6.85. The maximum absolute atomic E-state index is 13.2. The molecule has 1 heterocycles. The zero-order chi connectivity index (χ0) is 58.2. The summed E-state index contributed by atoms with van der Waals surface area (Å²) in [7, 11) is 3.48. The Morgan fingerprint density at radius 2 is 1.28 bits per heavy atom. The van der Waals surface area contributed by atoms with Crippen LogP contribution in [0.5, 0.6) is 0 Å². The minimum absolute atomic E-state index is 0.0405. The van der Waals surface area contributed by atoms with E-state index in [1.165, 1.54) is 50.5 Å². The highest BCUT2D eigenvalue weighted by Gasteiger charge is 2.42. The maximum atomic E-state index is 13.2. The predicted octanol–water partition coefficient (Wildman–Crippen LogP) is 14.9. The molecule has 4 rings (SSSR count). The fraction of sp³-hybridized carbons (Fsp3) is 0.781. The fourth-order valence-corrected chi connectivity index (χ4v) is 10.7. The summed E-state index contributed by atoms with van der Waals surface area (Å²) in [5, 5.41) is 8.85. The standard InChI is InChI=1S/C30H56N4O4.C20H34N2OS.C7H8.C3H8.2C2H6/c1-8-22(4)29(25(19-23(5)35)24-16-17-24)34(7)27(37)20-32-30(38)28(21(2)3)33(6)26(36)15-13-11-9-10-12-14-18-31;1-5-14(2)7-6-8-15(3)19(17-9-10-17)16(4)20(23)22-13-18-21-11-12-24-18;1-7-5-3-2-4-6-7;1-3-2;2*1-2/h21-22,24-25,28-29H,8-20,31H2,1-7H3,(H,32,38);11-12,14-17,19H,5-10,13H2,1-4H3,(H,22,23);2-6H,1H3;3H2,1-2H3;2*1-2H3. The second-order valence-corrected chi connectivity index (χ2v) is 23.0. The van der Waals surface area contributed by atoms with Crippen LogP contribution in [0.1, 0.15) is 230 Å². The van der Waals surface area contributed by atoms with E-state index in [0.717, 1.165) is 81.2 Å². The molecule has 0 radical (unpaired) electrons. The minimum atomic E-state index is -0.632. The Labute approximate surface area is 471 Å². The molecule has 4 amide bonds. The van der Waals surface area contributed by atoms with Crippen molar-refractivity contribution in [2.24, 2.45) is 59.0 Å². The van der Waals surface area contributed by atoms with Gasteiger partial charge in [-0.1, -0.05) is 197 Å². The number of Topliss-reactive ketones (excluding diaryl/α,β-unsaturated/α-hetero) is 1. The van der Waals surface area contributed by atoms with Crippen molar-refractivity contribution in [3.63, 3.8) is 0 Å². The molecular formula is C64H118N6O5S. The van der Waals surface area contributed by atoms with E-state index in [1.807, 2.05) is 65.1 Å². The third-order valence-electron chi connectivity index (χ3n) is 14.9. The Hall–Kier alpha value is -3.64. The summed E-state index contributed by atoms with van der Waals surface area (Å²) < 4.78 is 0. The first-order valence-corrected chi connectivity index (χ1v) is 31.3. The lowest BCUT2D eigenvalue weighted by Gasteiger charge is -2.39. The van der Waals surface area contributed by atoms with Gasteiger partial charge < -0.3 is 31.0 Å². The van der Waals surface area contributed by atoms with Gasteiger partial charge in [0.25, 0.3) is 0 Å². The molecule has 2 saturated carbocycles. The number of thiazole rings is 1. The Morgan fingerprint density at radius 3 is 1.74 bits per heavy atom. The van der Waals surface area contributed by atoms with E-state index in [4.69, 9.17) is 5.73 Å². The Kier molecular flexibility index (Phi) is 44.3. The highest BCUT2D eigenvalue weighted by Crippen LogP contribution is 2.46. The maximum Gasteiger partial charge on any atom is 0.243 e. The average Bonchev–Trinajstić information content (AvgIpc) is 4.36. The number of amides is 4. The number of carbonyl (C=O) groups is 5. The molecule has 2 fully saturated rings. The molecule has 8 atom stereocenters. The van der Waals surface area contributed by atoms with E-state index in [0.29, 0.717) is 37.1 Å². The highest BCUT2D eigenvalue weighted by molar-refractivity contribution is 7.09. The van der Waals surface area contributed by atoms with Gasteiger partial charge >= 0.3 is 0 Å². The SMILES string of the molecule is CC.CC.CCC.CCC(C)C(C(CC(C)=O)C1CC1)N(C)C(=O)CNC(=O)C(C(C)C)N(C)C(=O)CCCCCCCCN.CCC(C)CCCC(C)C(C1CC1)C(C)C(=O)NCc1nccs1.Cc1ccccc1. The summed E-state index contributed by atoms with van der Waals surface area (Å²) in [4.78, 5) is 71.4. The molecule has 11 nitrogen and oxygen atoms in total. The van der Waals surface area contributed by atoms with Crippen LogP contribution in [-0.2, 0) is 30.5 Å². The van der Waals surface area contributed by atoms with E-state index in [1.54, 1.807) is 48.4 Å². The Morgan fingerprint density at radius 1 is 0.711 bits per heavy atom. The second kappa shape index (κ2) is 45.2. The number of rotatable bonds is 31. The topological polar surface area (TPSA) is 155 Å². The summed E-state index contributed by atoms with van der Waals surface area (Å²) in [6.07, 6.45) is 21.0. The van der Waals surface area contributed by atoms with Crippen molar-refractivity contribution in [3.05, 3.63) is 52.5 Å². The first-order valence-electron chi connectivity index (χ1n) is 30.5. The number of benzene rings is 1. The number of ketones is 1. The van der Waals surface area contributed by atoms with Crippen LogP contribution in [0.4, 0.5) is 0 Å². The smallest absolute Gasteiger partial charge is 0.243 e. The monoisotopic (exact) mass is 1080 g/mol. The quantitative estimate of drug-likeness (QED) is 0.0635. The molecule has 0 saturated heterocycles. The van der Waals surface area contributed by atoms with E-state index < -0.39 is 6.04 Å². The number of hydrogen-bond acceptors (Lipinski definition) is 8. The van der Waals surface area contributed by atoms with Crippen molar-refractivity contribution in [2.75, 3.05) is 27.2 Å². The number of aromatic nitrogens is 1. The number of carbonyl (C=O) groups excluding carboxylic acids is 5. The van der Waals surface area contributed by atoms with Gasteiger partial charge in [-0.05, 0) is 106 Å². The largest absolute Gasteiger partial charge is 0.349 e. The highest BCUT2D eigenvalue weighted by atomic mass is 32.1. The molecule has 2 aromatic rings. The predicted molar refractivity (Wildman–Crippen MR) is 325 cm³/mol. The van der Waals surface area contributed by atoms with E-state index in [2.05, 4.69) is 90.1 Å². The van der Waals surface area contributed by atoms with E-state index >= 15 is 0 Å². The van der Waals surface area contributed by atoms with Gasteiger partial charge in [0.1, 0.15) is 16.8 Å². The van der Waals surface area contributed by atoms with Crippen molar-refractivity contribution in [1.29, 1.82) is 0 Å². The number of hydrogen-bond donors (Lipinski definition) is 3. The normalized spacial score (nSPS) is 15.6. The Balaban J connectivity index is 0. The molecule has 76 heavy (non-hydrogen) atoms. The van der Waals surface area contributed by atoms with Gasteiger partial charge in [-0.2, -0.15) is 0 Å². The molecule has 0 bridgehead atoms. The number of aryl methyl sites for hydroxylation is 1. The number of nitrogens with zero attached hydrogens (tertiary/aromatic N) is 3. The van der Waals surface area contributed by atoms with Crippen molar-refractivity contribution in [1.82, 2.24) is 25.4 Å². The lowest BCUT2D eigenvalue weighted by molar-refractivity contribution is -0.142. The van der Waals surface area contributed by atoms with Crippen molar-refractivity contribution >= 4 is 40.7 Å². The van der Waals surface area contributed by atoms with Crippen LogP contribution in [0.15, 0.2) is 41.9 Å². The first kappa shape index (κ1) is 74.4. The van der Waals surface area contributed by atoms with Gasteiger partial charge in [-0.15, -0.1) is 11.3 Å². The molecule has 440 valence electrons. The summed E-state index contributed by atoms with van der Waals surface area (Å²) >= 11 is 1.60. The lowest BCUT2D eigenvalue weighted by atomic mass is 9.77. The summed E-state index contributed by atoms with van der Waals surface area (Å²) in [5.74, 6) is 3.53. The van der Waals surface area contributed by atoms with E-state index in [9.17, 15) is 24.0 Å². The minimum Gasteiger partial charge on any atom is -0.349 e. The van der Waals surface area contributed by atoms with Gasteiger partial charge in [-0.3, -0.25) is 19.2 Å². The Bertz CT molecular complexity index is 1750. The van der Waals surface area contributed by atoms with Crippen LogP contribution < -0.4 is 16.4 Å². The summed E-state index contributed by atoms with van der Waals surface area (Å²) in [6.45, 7) is 34.3. The van der Waals surface area contributed by atoms with Crippen LogP contribution in [0.2, 0.25) is 0 Å². The zero-order valence-electron chi connectivity index (χ0n) is 52.1. The van der Waals surface area contributed by atoms with Crippen molar-refractivity contribution < 1.29 is 24.0 Å². The third kappa shape index (κ3) is 32.3. The molecule has 2 aliphatic carbocycles. The molecule has 4 N–H and O–H groups in total. The molecule has 2 aliphatic rings. The van der Waals surface area contributed by atoms with Gasteiger partial charge in [-0.25, -0.2) is 4.98 Å². The lowest BCUT2D eigenvalue weighted by Crippen LogP contribution is -2.54.